The van der Waals surface area contributed by atoms with E-state index < -0.39 is 0 Å². The molecule has 2 aromatic heterocycles. The minimum Gasteiger partial charge on any atom is -0.497 e. The fourth-order valence-electron chi connectivity index (χ4n) is 3.29. The third-order valence-corrected chi connectivity index (χ3v) is 4.83. The highest BCUT2D eigenvalue weighted by molar-refractivity contribution is 5.79. The summed E-state index contributed by atoms with van der Waals surface area (Å²) in [6.45, 7) is 8.30. The number of aromatic nitrogens is 4. The summed E-state index contributed by atoms with van der Waals surface area (Å²) in [5, 5.41) is 7.55. The summed E-state index contributed by atoms with van der Waals surface area (Å²) in [5.41, 5.74) is 5.54. The van der Waals surface area contributed by atoms with Gasteiger partial charge in [0.15, 0.2) is 0 Å². The number of amides is 1. The minimum absolute atomic E-state index is 0.0226. The third-order valence-electron chi connectivity index (χ3n) is 4.83. The first-order valence-electron chi connectivity index (χ1n) is 9.64. The van der Waals surface area contributed by atoms with Crippen LogP contribution in [0.3, 0.4) is 0 Å². The summed E-state index contributed by atoms with van der Waals surface area (Å²) in [4.78, 5) is 21.4. The molecule has 3 rings (SSSR count). The van der Waals surface area contributed by atoms with Crippen molar-refractivity contribution in [3.8, 4) is 11.7 Å². The van der Waals surface area contributed by atoms with Gasteiger partial charge >= 0.3 is 0 Å². The van der Waals surface area contributed by atoms with Crippen LogP contribution in [-0.2, 0) is 17.6 Å². The summed E-state index contributed by atoms with van der Waals surface area (Å²) in [5.74, 6) is 1.34. The number of aryl methyl sites for hydroxylation is 3. The van der Waals surface area contributed by atoms with Crippen molar-refractivity contribution in [2.24, 2.45) is 0 Å². The van der Waals surface area contributed by atoms with E-state index >= 15 is 0 Å². The summed E-state index contributed by atoms with van der Waals surface area (Å²) < 4.78 is 6.88. The molecule has 0 aliphatic heterocycles. The van der Waals surface area contributed by atoms with Crippen LogP contribution in [0.1, 0.15) is 33.9 Å². The molecule has 152 valence electrons. The van der Waals surface area contributed by atoms with Crippen LogP contribution in [0.2, 0.25) is 0 Å². The normalized spacial score (nSPS) is 10.8. The molecule has 0 aliphatic carbocycles. The van der Waals surface area contributed by atoms with Crippen LogP contribution in [0, 0.1) is 27.7 Å². The van der Waals surface area contributed by atoms with Crippen molar-refractivity contribution in [2.45, 2.75) is 40.5 Å². The second-order valence-corrected chi connectivity index (χ2v) is 7.14. The number of hydrogen-bond donors (Lipinski definition) is 1. The average Bonchev–Trinajstić information content (AvgIpc) is 2.96. The lowest BCUT2D eigenvalue weighted by Gasteiger charge is -2.08. The van der Waals surface area contributed by atoms with Crippen molar-refractivity contribution in [1.82, 2.24) is 25.1 Å². The van der Waals surface area contributed by atoms with E-state index in [9.17, 15) is 4.79 Å². The number of carbonyl (C=O) groups is 1. The molecule has 1 amide bonds. The van der Waals surface area contributed by atoms with Gasteiger partial charge in [0.05, 0.1) is 19.2 Å². The zero-order chi connectivity index (χ0) is 21.0. The van der Waals surface area contributed by atoms with Gasteiger partial charge in [0, 0.05) is 29.2 Å². The highest BCUT2D eigenvalue weighted by Gasteiger charge is 2.17. The van der Waals surface area contributed by atoms with E-state index in [0.29, 0.717) is 12.5 Å². The molecular weight excluding hydrogens is 366 g/mol. The number of hydrogen-bond acceptors (Lipinski definition) is 5. The van der Waals surface area contributed by atoms with Crippen molar-refractivity contribution in [3.63, 3.8) is 0 Å². The maximum atomic E-state index is 12.5. The fraction of sp³-hybridized carbons (Fsp3) is 0.364. The van der Waals surface area contributed by atoms with Gasteiger partial charge in [-0.15, -0.1) is 0 Å². The number of carbonyl (C=O) groups excluding carboxylic acids is 1. The van der Waals surface area contributed by atoms with E-state index in [1.54, 1.807) is 11.8 Å². The number of rotatable bonds is 7. The van der Waals surface area contributed by atoms with E-state index in [0.717, 1.165) is 46.1 Å². The van der Waals surface area contributed by atoms with E-state index in [4.69, 9.17) is 4.74 Å². The summed E-state index contributed by atoms with van der Waals surface area (Å²) >= 11 is 0. The van der Waals surface area contributed by atoms with E-state index in [1.807, 2.05) is 58.0 Å². The molecule has 0 fully saturated rings. The molecule has 0 spiro atoms. The molecule has 7 heteroatoms. The number of benzene rings is 1. The monoisotopic (exact) mass is 393 g/mol. The van der Waals surface area contributed by atoms with Gasteiger partial charge in [-0.3, -0.25) is 4.79 Å². The first-order valence-corrected chi connectivity index (χ1v) is 9.64. The second-order valence-electron chi connectivity index (χ2n) is 7.14. The van der Waals surface area contributed by atoms with Crippen molar-refractivity contribution < 1.29 is 9.53 Å². The Kier molecular flexibility index (Phi) is 6.26. The largest absolute Gasteiger partial charge is 0.497 e. The summed E-state index contributed by atoms with van der Waals surface area (Å²) in [7, 11) is 1.65. The lowest BCUT2D eigenvalue weighted by molar-refractivity contribution is -0.120. The number of nitrogens with zero attached hydrogens (tertiary/aromatic N) is 4. The Hall–Kier alpha value is -3.22. The first kappa shape index (κ1) is 20.5. The predicted octanol–water partition coefficient (Wildman–Crippen LogP) is 2.81. The van der Waals surface area contributed by atoms with Gasteiger partial charge in [-0.25, -0.2) is 14.6 Å². The number of ether oxygens (including phenoxy) is 1. The predicted molar refractivity (Wildman–Crippen MR) is 112 cm³/mol. The van der Waals surface area contributed by atoms with Crippen LogP contribution < -0.4 is 10.1 Å². The Balaban J connectivity index is 1.63. The Bertz CT molecular complexity index is 989. The molecule has 7 nitrogen and oxygen atoms in total. The average molecular weight is 393 g/mol. The van der Waals surface area contributed by atoms with Gasteiger partial charge < -0.3 is 10.1 Å². The van der Waals surface area contributed by atoms with Gasteiger partial charge in [0.1, 0.15) is 5.75 Å². The Morgan fingerprint density at radius 3 is 2.34 bits per heavy atom. The van der Waals surface area contributed by atoms with E-state index in [2.05, 4.69) is 20.4 Å². The minimum atomic E-state index is -0.0226. The molecule has 0 saturated heterocycles. The third kappa shape index (κ3) is 4.99. The lowest BCUT2D eigenvalue weighted by atomic mass is 10.1. The van der Waals surface area contributed by atoms with Crippen molar-refractivity contribution >= 4 is 5.91 Å². The molecule has 1 N–H and O–H groups in total. The zero-order valence-electron chi connectivity index (χ0n) is 17.6. The zero-order valence-corrected chi connectivity index (χ0v) is 17.6. The van der Waals surface area contributed by atoms with Crippen LogP contribution >= 0.6 is 0 Å². The molecule has 0 atom stereocenters. The van der Waals surface area contributed by atoms with Crippen LogP contribution in [0.15, 0.2) is 30.3 Å². The summed E-state index contributed by atoms with van der Waals surface area (Å²) in [6.07, 6.45) is 1.05. The maximum absolute atomic E-state index is 12.5. The lowest BCUT2D eigenvalue weighted by Crippen LogP contribution is -2.27. The molecule has 0 radical (unpaired) electrons. The van der Waals surface area contributed by atoms with Gasteiger partial charge in [0.25, 0.3) is 5.95 Å². The van der Waals surface area contributed by atoms with Crippen molar-refractivity contribution in [2.75, 3.05) is 13.7 Å². The quantitative estimate of drug-likeness (QED) is 0.667. The molecule has 3 aromatic rings. The molecule has 0 aliphatic rings. The van der Waals surface area contributed by atoms with Gasteiger partial charge in [0.2, 0.25) is 5.91 Å². The standard InChI is InChI=1S/C22H27N5O2/c1-14-12-15(2)25-22(24-14)27-17(4)20(16(3)26-27)13-21(28)23-11-10-18-6-8-19(29-5)9-7-18/h6-9,12H,10-11,13H2,1-5H3,(H,23,28). The van der Waals surface area contributed by atoms with Crippen LogP contribution in [-0.4, -0.2) is 39.3 Å². The molecule has 0 unspecified atom stereocenters. The molecule has 0 bridgehead atoms. The Labute approximate surface area is 171 Å². The molecule has 29 heavy (non-hydrogen) atoms. The fourth-order valence-corrected chi connectivity index (χ4v) is 3.29. The smallest absolute Gasteiger partial charge is 0.251 e. The van der Waals surface area contributed by atoms with Crippen molar-refractivity contribution in [1.29, 1.82) is 0 Å². The summed E-state index contributed by atoms with van der Waals surface area (Å²) in [6, 6.07) is 9.79. The van der Waals surface area contributed by atoms with Crippen LogP contribution in [0.5, 0.6) is 5.75 Å². The van der Waals surface area contributed by atoms with Crippen LogP contribution in [0.4, 0.5) is 0 Å². The van der Waals surface area contributed by atoms with Gasteiger partial charge in [-0.2, -0.15) is 5.10 Å². The highest BCUT2D eigenvalue weighted by atomic mass is 16.5. The van der Waals surface area contributed by atoms with Gasteiger partial charge in [-0.1, -0.05) is 12.1 Å². The first-order chi connectivity index (χ1) is 13.9. The molecule has 1 aromatic carbocycles. The SMILES string of the molecule is COc1ccc(CCNC(=O)Cc2c(C)nn(-c3nc(C)cc(C)n3)c2C)cc1. The Morgan fingerprint density at radius 1 is 1.07 bits per heavy atom. The Morgan fingerprint density at radius 2 is 1.72 bits per heavy atom. The topological polar surface area (TPSA) is 81.9 Å². The molecule has 2 heterocycles. The van der Waals surface area contributed by atoms with Gasteiger partial charge in [-0.05, 0) is 57.9 Å². The van der Waals surface area contributed by atoms with E-state index in [-0.39, 0.29) is 12.3 Å². The van der Waals surface area contributed by atoms with Crippen molar-refractivity contribution in [3.05, 3.63) is 64.2 Å². The maximum Gasteiger partial charge on any atom is 0.251 e. The number of nitrogens with one attached hydrogen (secondary N) is 1. The molecular formula is C22H27N5O2. The van der Waals surface area contributed by atoms with E-state index in [1.165, 1.54) is 0 Å². The van der Waals surface area contributed by atoms with Crippen LogP contribution in [0.25, 0.3) is 5.95 Å². The number of methoxy groups -OCH3 is 1. The molecule has 0 saturated carbocycles. The highest BCUT2D eigenvalue weighted by Crippen LogP contribution is 2.17. The second kappa shape index (κ2) is 8.86.